The zero-order valence-corrected chi connectivity index (χ0v) is 24.6. The number of aryl methyl sites for hydroxylation is 2. The van der Waals surface area contributed by atoms with Crippen molar-refractivity contribution in [2.24, 2.45) is 0 Å². The van der Waals surface area contributed by atoms with Gasteiger partial charge in [-0.25, -0.2) is 4.39 Å². The first-order valence-corrected chi connectivity index (χ1v) is 14.4. The largest absolute Gasteiger partial charge is 0.481 e. The Balaban J connectivity index is 1.37. The average Bonchev–Trinajstić information content (AvgIpc) is 3.01. The Kier molecular flexibility index (Phi) is 9.70. The fraction of sp³-hybridized carbons (Fsp3) is 0.258. The quantitative estimate of drug-likeness (QED) is 0.151. The summed E-state index contributed by atoms with van der Waals surface area (Å²) >= 11 is 6.25. The van der Waals surface area contributed by atoms with Gasteiger partial charge in [-0.1, -0.05) is 41.9 Å². The highest BCUT2D eigenvalue weighted by Gasteiger charge is 2.33. The van der Waals surface area contributed by atoms with Crippen molar-refractivity contribution in [1.82, 2.24) is 15.0 Å². The molecule has 1 aliphatic rings. The number of amides is 1. The Hall–Kier alpha value is -4.97. The van der Waals surface area contributed by atoms with Crippen molar-refractivity contribution in [3.8, 4) is 5.75 Å². The van der Waals surface area contributed by atoms with Gasteiger partial charge < -0.3 is 30.7 Å². The van der Waals surface area contributed by atoms with E-state index in [0.717, 1.165) is 24.0 Å². The first-order valence-electron chi connectivity index (χ1n) is 14.1. The molecule has 0 saturated carbocycles. The van der Waals surface area contributed by atoms with Crippen LogP contribution in [-0.4, -0.2) is 57.7 Å². The third kappa shape index (κ3) is 7.90. The van der Waals surface area contributed by atoms with Gasteiger partial charge >= 0.3 is 5.97 Å². The molecule has 2 heterocycles. The number of carboxylic acid groups (broad SMARTS) is 1. The van der Waals surface area contributed by atoms with Gasteiger partial charge in [-0.05, 0) is 67.3 Å². The van der Waals surface area contributed by atoms with Crippen molar-refractivity contribution in [3.05, 3.63) is 88.7 Å². The monoisotopic (exact) mass is 619 g/mol. The van der Waals surface area contributed by atoms with E-state index in [-0.39, 0.29) is 49.1 Å². The van der Waals surface area contributed by atoms with Crippen molar-refractivity contribution in [2.75, 3.05) is 40.5 Å². The SMILES string of the molecule is Cc1ccc(NC(=O)C2CN(c3nc(NCCCc4ccc(F)cc4)nc(NCCC(=O)O)n3)c3ccccc3O2)cc1Cl. The van der Waals surface area contributed by atoms with E-state index in [1.54, 1.807) is 41.3 Å². The van der Waals surface area contributed by atoms with Crippen LogP contribution < -0.4 is 25.6 Å². The minimum absolute atomic E-state index is 0.0883. The van der Waals surface area contributed by atoms with Crippen LogP contribution in [0.2, 0.25) is 5.02 Å². The molecule has 1 amide bonds. The number of hydrogen-bond donors (Lipinski definition) is 4. The lowest BCUT2D eigenvalue weighted by Gasteiger charge is -2.34. The van der Waals surface area contributed by atoms with Gasteiger partial charge in [0.25, 0.3) is 5.91 Å². The molecule has 0 fully saturated rings. The summed E-state index contributed by atoms with van der Waals surface area (Å²) in [6.07, 6.45) is 0.388. The van der Waals surface area contributed by atoms with Crippen LogP contribution in [0.5, 0.6) is 5.75 Å². The summed E-state index contributed by atoms with van der Waals surface area (Å²) in [7, 11) is 0. The standard InChI is InChI=1S/C31H31ClFN7O4/c1-19-8-13-22(17-23(19)32)36-28(43)26-18-40(24-6-2-3-7-25(24)44-26)31-38-29(37-30(39-31)35-16-14-27(41)42)34-15-4-5-20-9-11-21(33)12-10-20/h2-3,6-13,17,26H,4-5,14-16,18H2,1H3,(H,36,43)(H,41,42)(H2,34,35,37,38,39). The van der Waals surface area contributed by atoms with Crippen LogP contribution in [0.1, 0.15) is 24.0 Å². The molecule has 4 N–H and O–H groups in total. The van der Waals surface area contributed by atoms with Gasteiger partial charge in [-0.15, -0.1) is 0 Å². The minimum atomic E-state index is -0.961. The van der Waals surface area contributed by atoms with Gasteiger partial charge in [0.05, 0.1) is 18.7 Å². The van der Waals surface area contributed by atoms with Crippen LogP contribution in [0.4, 0.5) is 33.6 Å². The maximum absolute atomic E-state index is 13.3. The van der Waals surface area contributed by atoms with Crippen LogP contribution >= 0.6 is 11.6 Å². The number of anilines is 5. The van der Waals surface area contributed by atoms with E-state index in [1.807, 2.05) is 25.1 Å². The second-order valence-electron chi connectivity index (χ2n) is 10.1. The van der Waals surface area contributed by atoms with Crippen molar-refractivity contribution < 1.29 is 23.8 Å². The smallest absolute Gasteiger partial charge is 0.305 e. The molecule has 1 unspecified atom stereocenters. The number of carbonyl (C=O) groups is 2. The molecule has 0 saturated heterocycles. The Bertz CT molecular complexity index is 1640. The molecule has 1 aliphatic heterocycles. The third-order valence-corrected chi connectivity index (χ3v) is 7.24. The number of aromatic nitrogens is 3. The van der Waals surface area contributed by atoms with E-state index >= 15 is 0 Å². The number of aliphatic carboxylic acids is 1. The summed E-state index contributed by atoms with van der Waals surface area (Å²) in [6.45, 7) is 2.58. The Morgan fingerprint density at radius 1 is 1.02 bits per heavy atom. The van der Waals surface area contributed by atoms with Gasteiger partial charge in [-0.2, -0.15) is 15.0 Å². The number of fused-ring (bicyclic) bond motifs is 1. The molecule has 0 aliphatic carbocycles. The van der Waals surface area contributed by atoms with E-state index in [0.29, 0.717) is 28.7 Å². The maximum Gasteiger partial charge on any atom is 0.305 e. The van der Waals surface area contributed by atoms with Crippen molar-refractivity contribution in [2.45, 2.75) is 32.3 Å². The molecule has 4 aromatic rings. The van der Waals surface area contributed by atoms with E-state index in [4.69, 9.17) is 21.4 Å². The van der Waals surface area contributed by atoms with Crippen molar-refractivity contribution in [3.63, 3.8) is 0 Å². The van der Waals surface area contributed by atoms with Crippen LogP contribution in [0.25, 0.3) is 0 Å². The van der Waals surface area contributed by atoms with Gasteiger partial charge in [0.15, 0.2) is 6.10 Å². The van der Waals surface area contributed by atoms with Gasteiger partial charge in [0.2, 0.25) is 17.8 Å². The van der Waals surface area contributed by atoms with Crippen LogP contribution in [0, 0.1) is 12.7 Å². The fourth-order valence-corrected chi connectivity index (χ4v) is 4.70. The molecule has 5 rings (SSSR count). The summed E-state index contributed by atoms with van der Waals surface area (Å²) in [5, 5.41) is 18.6. The van der Waals surface area contributed by atoms with E-state index in [2.05, 4.69) is 30.9 Å². The maximum atomic E-state index is 13.3. The topological polar surface area (TPSA) is 142 Å². The van der Waals surface area contributed by atoms with Crippen LogP contribution in [0.15, 0.2) is 66.7 Å². The number of carboxylic acids is 1. The number of nitrogens with one attached hydrogen (secondary N) is 3. The summed E-state index contributed by atoms with van der Waals surface area (Å²) in [5.41, 5.74) is 3.08. The molecule has 0 bridgehead atoms. The lowest BCUT2D eigenvalue weighted by Crippen LogP contribution is -2.45. The van der Waals surface area contributed by atoms with E-state index < -0.39 is 12.1 Å². The molecule has 0 spiro atoms. The summed E-state index contributed by atoms with van der Waals surface area (Å²) < 4.78 is 19.3. The lowest BCUT2D eigenvalue weighted by atomic mass is 10.1. The Morgan fingerprint density at radius 3 is 2.48 bits per heavy atom. The Labute approximate surface area is 258 Å². The Morgan fingerprint density at radius 2 is 1.75 bits per heavy atom. The van der Waals surface area contributed by atoms with Crippen molar-refractivity contribution >= 4 is 52.7 Å². The molecular formula is C31H31ClFN7O4. The first-order chi connectivity index (χ1) is 21.2. The fourth-order valence-electron chi connectivity index (χ4n) is 4.52. The first kappa shape index (κ1) is 30.5. The predicted molar refractivity (Wildman–Crippen MR) is 166 cm³/mol. The highest BCUT2D eigenvalue weighted by Crippen LogP contribution is 2.37. The van der Waals surface area contributed by atoms with Gasteiger partial charge in [0.1, 0.15) is 11.6 Å². The highest BCUT2D eigenvalue weighted by atomic mass is 35.5. The van der Waals surface area contributed by atoms with Gasteiger partial charge in [0, 0.05) is 23.8 Å². The van der Waals surface area contributed by atoms with Crippen LogP contribution in [0.3, 0.4) is 0 Å². The number of ether oxygens (including phenoxy) is 1. The molecule has 3 aromatic carbocycles. The molecular weight excluding hydrogens is 589 g/mol. The predicted octanol–water partition coefficient (Wildman–Crippen LogP) is 5.44. The second kappa shape index (κ2) is 14.0. The average molecular weight is 620 g/mol. The number of halogens is 2. The summed E-state index contributed by atoms with van der Waals surface area (Å²) in [4.78, 5) is 39.8. The number of benzene rings is 3. The number of nitrogens with zero attached hydrogens (tertiary/aromatic N) is 4. The lowest BCUT2D eigenvalue weighted by molar-refractivity contribution is -0.136. The molecule has 0 radical (unpaired) electrons. The third-order valence-electron chi connectivity index (χ3n) is 6.83. The molecule has 1 atom stereocenters. The van der Waals surface area contributed by atoms with Gasteiger partial charge in [-0.3, -0.25) is 9.59 Å². The second-order valence-corrected chi connectivity index (χ2v) is 10.6. The molecule has 13 heteroatoms. The number of rotatable bonds is 12. The van der Waals surface area contributed by atoms with E-state index in [9.17, 15) is 14.0 Å². The zero-order chi connectivity index (χ0) is 31.1. The normalized spacial score (nSPS) is 13.9. The van der Waals surface area contributed by atoms with E-state index in [1.165, 1.54) is 12.1 Å². The molecule has 44 heavy (non-hydrogen) atoms. The molecule has 1 aromatic heterocycles. The van der Waals surface area contributed by atoms with Crippen molar-refractivity contribution in [1.29, 1.82) is 0 Å². The molecule has 11 nitrogen and oxygen atoms in total. The number of carbonyl (C=O) groups excluding carboxylic acids is 1. The number of para-hydroxylation sites is 2. The summed E-state index contributed by atoms with van der Waals surface area (Å²) in [6, 6.07) is 18.9. The number of hydrogen-bond acceptors (Lipinski definition) is 9. The zero-order valence-electron chi connectivity index (χ0n) is 23.9. The minimum Gasteiger partial charge on any atom is -0.481 e. The highest BCUT2D eigenvalue weighted by molar-refractivity contribution is 6.31. The van der Waals surface area contributed by atoms with Crippen LogP contribution in [-0.2, 0) is 16.0 Å². The summed E-state index contributed by atoms with van der Waals surface area (Å²) in [5.74, 6) is -0.463. The molecule has 228 valence electrons.